The molecule has 2 fully saturated rings. The molecule has 2 atom stereocenters. The number of rotatable bonds is 4. The molecule has 3 nitrogen and oxygen atoms in total. The number of nitrogens with one attached hydrogen (secondary N) is 1. The fraction of sp³-hybridized carbons (Fsp3) is 1.00. The van der Waals surface area contributed by atoms with E-state index >= 15 is 0 Å². The van der Waals surface area contributed by atoms with Gasteiger partial charge >= 0.3 is 0 Å². The van der Waals surface area contributed by atoms with Gasteiger partial charge in [0.2, 0.25) is 0 Å². The van der Waals surface area contributed by atoms with E-state index in [-0.39, 0.29) is 6.10 Å². The summed E-state index contributed by atoms with van der Waals surface area (Å²) in [6, 6.07) is 0.362. The van der Waals surface area contributed by atoms with Gasteiger partial charge in [0, 0.05) is 19.1 Å². The molecule has 0 bridgehead atoms. The first-order valence-corrected chi connectivity index (χ1v) is 6.50. The molecule has 0 aromatic rings. The van der Waals surface area contributed by atoms with E-state index in [2.05, 4.69) is 10.2 Å². The standard InChI is InChI=1S/C12H24N2O/c15-12-6-2-1-5-11(12)13-7-10-14-8-3-4-9-14/h11-13,15H,1-10H2/t11-,12-/m1/s1. The molecule has 0 spiro atoms. The van der Waals surface area contributed by atoms with E-state index in [1.807, 2.05) is 0 Å². The summed E-state index contributed by atoms with van der Waals surface area (Å²) in [7, 11) is 0. The summed E-state index contributed by atoms with van der Waals surface area (Å²) in [5.74, 6) is 0. The molecule has 0 unspecified atom stereocenters. The lowest BCUT2D eigenvalue weighted by Crippen LogP contribution is -2.44. The molecule has 88 valence electrons. The van der Waals surface area contributed by atoms with Crippen LogP contribution in [0, 0.1) is 0 Å². The lowest BCUT2D eigenvalue weighted by molar-refractivity contribution is 0.0898. The van der Waals surface area contributed by atoms with Gasteiger partial charge in [-0.3, -0.25) is 0 Å². The molecule has 15 heavy (non-hydrogen) atoms. The highest BCUT2D eigenvalue weighted by Crippen LogP contribution is 2.18. The molecule has 0 aromatic heterocycles. The fourth-order valence-electron chi connectivity index (χ4n) is 2.76. The first-order valence-electron chi connectivity index (χ1n) is 6.50. The largest absolute Gasteiger partial charge is 0.392 e. The van der Waals surface area contributed by atoms with E-state index in [1.54, 1.807) is 0 Å². The molecule has 2 aliphatic rings. The van der Waals surface area contributed by atoms with E-state index in [0.29, 0.717) is 6.04 Å². The number of nitrogens with zero attached hydrogens (tertiary/aromatic N) is 1. The maximum Gasteiger partial charge on any atom is 0.0693 e. The summed E-state index contributed by atoms with van der Waals surface area (Å²) in [4.78, 5) is 2.52. The van der Waals surface area contributed by atoms with Gasteiger partial charge in [0.15, 0.2) is 0 Å². The summed E-state index contributed by atoms with van der Waals surface area (Å²) in [6.45, 7) is 4.74. The van der Waals surface area contributed by atoms with Crippen molar-refractivity contribution in [2.75, 3.05) is 26.2 Å². The second-order valence-corrected chi connectivity index (χ2v) is 4.96. The average molecular weight is 212 g/mol. The van der Waals surface area contributed by atoms with Gasteiger partial charge in [-0.05, 0) is 38.8 Å². The molecule has 1 aliphatic carbocycles. The van der Waals surface area contributed by atoms with Crippen molar-refractivity contribution < 1.29 is 5.11 Å². The Balaban J connectivity index is 1.59. The van der Waals surface area contributed by atoms with E-state index < -0.39 is 0 Å². The van der Waals surface area contributed by atoms with Crippen molar-refractivity contribution in [3.8, 4) is 0 Å². The Labute approximate surface area is 92.8 Å². The van der Waals surface area contributed by atoms with Gasteiger partial charge in [0.25, 0.3) is 0 Å². The predicted octanol–water partition coefficient (Wildman–Crippen LogP) is 0.975. The van der Waals surface area contributed by atoms with Crippen molar-refractivity contribution in [1.29, 1.82) is 0 Å². The maximum atomic E-state index is 9.78. The van der Waals surface area contributed by atoms with Crippen molar-refractivity contribution in [2.45, 2.75) is 50.7 Å². The first kappa shape index (κ1) is 11.4. The quantitative estimate of drug-likeness (QED) is 0.729. The summed E-state index contributed by atoms with van der Waals surface area (Å²) in [5, 5.41) is 13.3. The molecule has 1 saturated heterocycles. The zero-order valence-electron chi connectivity index (χ0n) is 9.62. The Morgan fingerprint density at radius 1 is 1.07 bits per heavy atom. The zero-order valence-corrected chi connectivity index (χ0v) is 9.62. The van der Waals surface area contributed by atoms with Gasteiger partial charge in [-0.2, -0.15) is 0 Å². The normalized spacial score (nSPS) is 33.4. The van der Waals surface area contributed by atoms with Crippen LogP contribution in [0.25, 0.3) is 0 Å². The minimum absolute atomic E-state index is 0.0997. The Hall–Kier alpha value is -0.120. The van der Waals surface area contributed by atoms with Crippen LogP contribution in [0.1, 0.15) is 38.5 Å². The monoisotopic (exact) mass is 212 g/mol. The summed E-state index contributed by atoms with van der Waals surface area (Å²) in [6.07, 6.45) is 7.25. The SMILES string of the molecule is O[C@@H]1CCCC[C@H]1NCCN1CCCC1. The molecule has 2 rings (SSSR count). The molecule has 3 heteroatoms. The van der Waals surface area contributed by atoms with Crippen LogP contribution in [-0.4, -0.2) is 48.3 Å². The molecule has 1 aliphatic heterocycles. The summed E-state index contributed by atoms with van der Waals surface area (Å²) < 4.78 is 0. The molecule has 0 radical (unpaired) electrons. The first-order chi connectivity index (χ1) is 7.36. The van der Waals surface area contributed by atoms with Crippen molar-refractivity contribution >= 4 is 0 Å². The average Bonchev–Trinajstić information content (AvgIpc) is 2.74. The van der Waals surface area contributed by atoms with Gasteiger partial charge < -0.3 is 15.3 Å². The Kier molecular flexibility index (Phi) is 4.42. The number of hydrogen-bond donors (Lipinski definition) is 2. The maximum absolute atomic E-state index is 9.78. The lowest BCUT2D eigenvalue weighted by Gasteiger charge is -2.29. The van der Waals surface area contributed by atoms with Crippen molar-refractivity contribution in [1.82, 2.24) is 10.2 Å². The molecule has 1 saturated carbocycles. The topological polar surface area (TPSA) is 35.5 Å². The fourth-order valence-corrected chi connectivity index (χ4v) is 2.76. The molecule has 0 aromatic carbocycles. The zero-order chi connectivity index (χ0) is 10.5. The van der Waals surface area contributed by atoms with Gasteiger partial charge in [-0.1, -0.05) is 12.8 Å². The van der Waals surface area contributed by atoms with Crippen LogP contribution in [0.3, 0.4) is 0 Å². The molecular formula is C12H24N2O. The number of aliphatic hydroxyl groups is 1. The Morgan fingerprint density at radius 3 is 2.53 bits per heavy atom. The van der Waals surface area contributed by atoms with E-state index in [1.165, 1.54) is 38.8 Å². The minimum atomic E-state index is -0.0997. The summed E-state index contributed by atoms with van der Waals surface area (Å²) >= 11 is 0. The highest BCUT2D eigenvalue weighted by atomic mass is 16.3. The third-order valence-electron chi connectivity index (χ3n) is 3.76. The molecule has 0 amide bonds. The Morgan fingerprint density at radius 2 is 1.80 bits per heavy atom. The van der Waals surface area contributed by atoms with Crippen molar-refractivity contribution in [2.24, 2.45) is 0 Å². The van der Waals surface area contributed by atoms with Gasteiger partial charge in [0.05, 0.1) is 6.10 Å². The van der Waals surface area contributed by atoms with Crippen molar-refractivity contribution in [3.05, 3.63) is 0 Å². The van der Waals surface area contributed by atoms with Crippen molar-refractivity contribution in [3.63, 3.8) is 0 Å². The number of likely N-dealkylation sites (tertiary alicyclic amines) is 1. The van der Waals surface area contributed by atoms with Crippen LogP contribution in [0.15, 0.2) is 0 Å². The van der Waals surface area contributed by atoms with Crippen LogP contribution < -0.4 is 5.32 Å². The van der Waals surface area contributed by atoms with Crippen LogP contribution in [-0.2, 0) is 0 Å². The third kappa shape index (κ3) is 3.44. The van der Waals surface area contributed by atoms with E-state index in [4.69, 9.17) is 0 Å². The van der Waals surface area contributed by atoms with Crippen LogP contribution in [0.5, 0.6) is 0 Å². The smallest absolute Gasteiger partial charge is 0.0693 e. The second kappa shape index (κ2) is 5.83. The van der Waals surface area contributed by atoms with Gasteiger partial charge in [0.1, 0.15) is 0 Å². The molecule has 1 heterocycles. The van der Waals surface area contributed by atoms with Crippen LogP contribution >= 0.6 is 0 Å². The minimum Gasteiger partial charge on any atom is -0.392 e. The number of hydrogen-bond acceptors (Lipinski definition) is 3. The summed E-state index contributed by atoms with van der Waals surface area (Å²) in [5.41, 5.74) is 0. The molecule has 2 N–H and O–H groups in total. The van der Waals surface area contributed by atoms with E-state index in [0.717, 1.165) is 25.9 Å². The molecular weight excluding hydrogens is 188 g/mol. The predicted molar refractivity (Wildman–Crippen MR) is 61.9 cm³/mol. The third-order valence-corrected chi connectivity index (χ3v) is 3.76. The van der Waals surface area contributed by atoms with E-state index in [9.17, 15) is 5.11 Å². The van der Waals surface area contributed by atoms with Gasteiger partial charge in [-0.15, -0.1) is 0 Å². The van der Waals surface area contributed by atoms with Crippen LogP contribution in [0.4, 0.5) is 0 Å². The number of aliphatic hydroxyl groups excluding tert-OH is 1. The lowest BCUT2D eigenvalue weighted by atomic mass is 9.93. The Bertz CT molecular complexity index is 180. The van der Waals surface area contributed by atoms with Gasteiger partial charge in [-0.25, -0.2) is 0 Å². The second-order valence-electron chi connectivity index (χ2n) is 4.96. The highest BCUT2D eigenvalue weighted by molar-refractivity contribution is 4.80. The van der Waals surface area contributed by atoms with Crippen LogP contribution in [0.2, 0.25) is 0 Å². The highest BCUT2D eigenvalue weighted by Gasteiger charge is 2.22.